The summed E-state index contributed by atoms with van der Waals surface area (Å²) in [4.78, 5) is 2.43. The minimum Gasteiger partial charge on any atom is -0.497 e. The molecular formula is C22H28BNO3. The summed E-state index contributed by atoms with van der Waals surface area (Å²) in [6.07, 6.45) is 1.07. The van der Waals surface area contributed by atoms with Gasteiger partial charge < -0.3 is 18.9 Å². The van der Waals surface area contributed by atoms with Crippen molar-refractivity contribution < 1.29 is 14.0 Å². The highest BCUT2D eigenvalue weighted by Gasteiger charge is 2.51. The van der Waals surface area contributed by atoms with Crippen LogP contribution in [-0.4, -0.2) is 32.0 Å². The van der Waals surface area contributed by atoms with Gasteiger partial charge in [-0.1, -0.05) is 24.3 Å². The number of anilines is 1. The van der Waals surface area contributed by atoms with Gasteiger partial charge in [-0.25, -0.2) is 0 Å². The number of ether oxygens (including phenoxy) is 1. The number of rotatable bonds is 4. The first-order valence-electron chi connectivity index (χ1n) is 9.65. The van der Waals surface area contributed by atoms with Crippen LogP contribution >= 0.6 is 0 Å². The molecule has 0 bridgehead atoms. The highest BCUT2D eigenvalue weighted by atomic mass is 16.7. The second-order valence-electron chi connectivity index (χ2n) is 8.50. The molecule has 0 atom stereocenters. The molecule has 5 heteroatoms. The summed E-state index contributed by atoms with van der Waals surface area (Å²) < 4.78 is 17.6. The van der Waals surface area contributed by atoms with E-state index < -0.39 is 0 Å². The van der Waals surface area contributed by atoms with Crippen molar-refractivity contribution in [3.8, 4) is 5.75 Å². The monoisotopic (exact) mass is 365 g/mol. The predicted molar refractivity (Wildman–Crippen MR) is 110 cm³/mol. The maximum absolute atomic E-state index is 6.15. The topological polar surface area (TPSA) is 30.9 Å². The lowest BCUT2D eigenvalue weighted by Crippen LogP contribution is -2.41. The molecule has 4 nitrogen and oxygen atoms in total. The number of fused-ring (bicyclic) bond motifs is 1. The van der Waals surface area contributed by atoms with Crippen LogP contribution in [0.2, 0.25) is 0 Å². The van der Waals surface area contributed by atoms with Gasteiger partial charge in [0, 0.05) is 18.8 Å². The van der Waals surface area contributed by atoms with Crippen LogP contribution in [0, 0.1) is 0 Å². The van der Waals surface area contributed by atoms with E-state index in [1.807, 2.05) is 6.07 Å². The smallest absolute Gasteiger partial charge is 0.494 e. The number of hydrogen-bond donors (Lipinski definition) is 0. The fraction of sp³-hybridized carbons (Fsp3) is 0.455. The van der Waals surface area contributed by atoms with E-state index in [4.69, 9.17) is 14.0 Å². The summed E-state index contributed by atoms with van der Waals surface area (Å²) in [7, 11) is 1.42. The SMILES string of the molecule is COc1ccc2c(c1)CCN2Cc1ccc(B2OC(C)(C)C(C)(C)O2)cc1. The van der Waals surface area contributed by atoms with Gasteiger partial charge >= 0.3 is 7.12 Å². The number of nitrogens with zero attached hydrogens (tertiary/aromatic N) is 1. The van der Waals surface area contributed by atoms with Gasteiger partial charge in [0.2, 0.25) is 0 Å². The van der Waals surface area contributed by atoms with Crippen molar-refractivity contribution >= 4 is 18.3 Å². The molecule has 0 aromatic heterocycles. The summed E-state index contributed by atoms with van der Waals surface area (Å²) in [6, 6.07) is 15.0. The molecule has 0 radical (unpaired) electrons. The normalized spacial score (nSPS) is 20.0. The quantitative estimate of drug-likeness (QED) is 0.776. The average Bonchev–Trinajstić information content (AvgIpc) is 3.12. The van der Waals surface area contributed by atoms with Crippen LogP contribution in [0.4, 0.5) is 5.69 Å². The number of benzene rings is 2. The first-order valence-corrected chi connectivity index (χ1v) is 9.65. The summed E-state index contributed by atoms with van der Waals surface area (Å²) in [5.41, 5.74) is 4.42. The van der Waals surface area contributed by atoms with E-state index in [-0.39, 0.29) is 18.3 Å². The zero-order valence-electron chi connectivity index (χ0n) is 16.9. The van der Waals surface area contributed by atoms with Gasteiger partial charge in [-0.3, -0.25) is 0 Å². The minimum absolute atomic E-state index is 0.302. The van der Waals surface area contributed by atoms with E-state index >= 15 is 0 Å². The highest BCUT2D eigenvalue weighted by molar-refractivity contribution is 6.62. The molecule has 0 aliphatic carbocycles. The first-order chi connectivity index (χ1) is 12.8. The Balaban J connectivity index is 1.46. The third-order valence-electron chi connectivity index (χ3n) is 6.16. The van der Waals surface area contributed by atoms with Crippen molar-refractivity contribution in [3.05, 3.63) is 53.6 Å². The average molecular weight is 365 g/mol. The Kier molecular flexibility index (Phi) is 4.48. The van der Waals surface area contributed by atoms with Crippen LogP contribution in [0.25, 0.3) is 0 Å². The lowest BCUT2D eigenvalue weighted by atomic mass is 9.79. The van der Waals surface area contributed by atoms with Crippen molar-refractivity contribution in [2.24, 2.45) is 0 Å². The first kappa shape index (κ1) is 18.4. The molecule has 1 fully saturated rings. The molecule has 4 rings (SSSR count). The Hall–Kier alpha value is -1.98. The van der Waals surface area contributed by atoms with E-state index in [2.05, 4.69) is 69.0 Å². The van der Waals surface area contributed by atoms with Crippen LogP contribution in [-0.2, 0) is 22.3 Å². The van der Waals surface area contributed by atoms with Gasteiger partial charge in [-0.15, -0.1) is 0 Å². The fourth-order valence-corrected chi connectivity index (χ4v) is 3.72. The Morgan fingerprint density at radius 3 is 2.30 bits per heavy atom. The van der Waals surface area contributed by atoms with Crippen molar-refractivity contribution in [2.75, 3.05) is 18.6 Å². The fourth-order valence-electron chi connectivity index (χ4n) is 3.72. The summed E-state index contributed by atoms with van der Waals surface area (Å²) in [5.74, 6) is 0.933. The second kappa shape index (κ2) is 6.57. The van der Waals surface area contributed by atoms with E-state index in [1.54, 1.807) is 7.11 Å². The Bertz CT molecular complexity index is 816. The molecule has 1 saturated heterocycles. The van der Waals surface area contributed by atoms with Gasteiger partial charge in [0.1, 0.15) is 5.75 Å². The molecule has 0 spiro atoms. The lowest BCUT2D eigenvalue weighted by Gasteiger charge is -2.32. The highest BCUT2D eigenvalue weighted by Crippen LogP contribution is 2.36. The zero-order chi connectivity index (χ0) is 19.2. The van der Waals surface area contributed by atoms with Crippen LogP contribution in [0.1, 0.15) is 38.8 Å². The molecule has 142 valence electrons. The van der Waals surface area contributed by atoms with E-state index in [9.17, 15) is 0 Å². The predicted octanol–water partition coefficient (Wildman–Crippen LogP) is 3.56. The summed E-state index contributed by atoms with van der Waals surface area (Å²) >= 11 is 0. The van der Waals surface area contributed by atoms with Crippen molar-refractivity contribution in [3.63, 3.8) is 0 Å². The van der Waals surface area contributed by atoms with Crippen LogP contribution in [0.5, 0.6) is 5.75 Å². The van der Waals surface area contributed by atoms with Crippen LogP contribution in [0.3, 0.4) is 0 Å². The maximum Gasteiger partial charge on any atom is 0.494 e. The van der Waals surface area contributed by atoms with Gasteiger partial charge in [-0.2, -0.15) is 0 Å². The molecule has 0 saturated carbocycles. The van der Waals surface area contributed by atoms with Crippen molar-refractivity contribution in [2.45, 2.75) is 51.9 Å². The second-order valence-corrected chi connectivity index (χ2v) is 8.50. The van der Waals surface area contributed by atoms with E-state index in [0.717, 1.165) is 30.7 Å². The van der Waals surface area contributed by atoms with Gasteiger partial charge in [0.05, 0.1) is 18.3 Å². The minimum atomic E-state index is -0.309. The molecule has 0 unspecified atom stereocenters. The third-order valence-corrected chi connectivity index (χ3v) is 6.16. The molecule has 27 heavy (non-hydrogen) atoms. The summed E-state index contributed by atoms with van der Waals surface area (Å²) in [5, 5.41) is 0. The van der Waals surface area contributed by atoms with Crippen molar-refractivity contribution in [1.29, 1.82) is 0 Å². The molecule has 0 amide bonds. The molecule has 2 aromatic carbocycles. The Morgan fingerprint density at radius 1 is 1.00 bits per heavy atom. The van der Waals surface area contributed by atoms with Crippen LogP contribution in [0.15, 0.2) is 42.5 Å². The largest absolute Gasteiger partial charge is 0.497 e. The summed E-state index contributed by atoms with van der Waals surface area (Å²) in [6.45, 7) is 10.3. The zero-order valence-corrected chi connectivity index (χ0v) is 16.9. The third kappa shape index (κ3) is 3.35. The van der Waals surface area contributed by atoms with E-state index in [1.165, 1.54) is 16.8 Å². The number of methoxy groups -OCH3 is 1. The Morgan fingerprint density at radius 2 is 1.67 bits per heavy atom. The van der Waals surface area contributed by atoms with Crippen molar-refractivity contribution in [1.82, 2.24) is 0 Å². The van der Waals surface area contributed by atoms with Gasteiger partial charge in [0.15, 0.2) is 0 Å². The van der Waals surface area contributed by atoms with Gasteiger partial charge in [0.25, 0.3) is 0 Å². The standard InChI is InChI=1S/C22H28BNO3/c1-21(2)22(3,4)27-23(26-21)18-8-6-16(7-9-18)15-24-13-12-17-14-19(25-5)10-11-20(17)24/h6-11,14H,12-13,15H2,1-5H3. The lowest BCUT2D eigenvalue weighted by molar-refractivity contribution is 0.00578. The number of hydrogen-bond acceptors (Lipinski definition) is 4. The maximum atomic E-state index is 6.15. The molecule has 2 aliphatic rings. The molecule has 2 aromatic rings. The molecule has 2 aliphatic heterocycles. The molecule has 2 heterocycles. The molecule has 0 N–H and O–H groups in total. The van der Waals surface area contributed by atoms with Crippen LogP contribution < -0.4 is 15.1 Å². The van der Waals surface area contributed by atoms with E-state index in [0.29, 0.717) is 0 Å². The van der Waals surface area contributed by atoms with Gasteiger partial charge in [-0.05, 0) is 68.9 Å². The molecular weight excluding hydrogens is 337 g/mol. The Labute approximate surface area is 162 Å².